The maximum absolute atomic E-state index is 12.9. The molecule has 0 spiro atoms. The Hall–Kier alpha value is -3.39. The fourth-order valence-electron chi connectivity index (χ4n) is 2.31. The average molecular weight is 400 g/mol. The normalized spacial score (nSPS) is 10.9. The third-order valence-electron chi connectivity index (χ3n) is 3.66. The predicted octanol–water partition coefficient (Wildman–Crippen LogP) is 3.64. The summed E-state index contributed by atoms with van der Waals surface area (Å²) in [6.45, 7) is -0.213. The summed E-state index contributed by atoms with van der Waals surface area (Å²) in [5.41, 5.74) is 0.906. The quantitative estimate of drug-likeness (QED) is 0.634. The Bertz CT molecular complexity index is 1040. The molecule has 2 N–H and O–H groups in total. The van der Waals surface area contributed by atoms with Crippen LogP contribution in [0.1, 0.15) is 0 Å². The molecule has 6 nitrogen and oxygen atoms in total. The van der Waals surface area contributed by atoms with Crippen LogP contribution < -0.4 is 14.8 Å². The fourth-order valence-corrected chi connectivity index (χ4v) is 3.37. The van der Waals surface area contributed by atoms with Crippen molar-refractivity contribution in [2.24, 2.45) is 0 Å². The third-order valence-corrected chi connectivity index (χ3v) is 5.06. The summed E-state index contributed by atoms with van der Waals surface area (Å²) in [5, 5.41) is 2.68. The van der Waals surface area contributed by atoms with E-state index in [1.807, 2.05) is 6.07 Å². The second-order valence-corrected chi connectivity index (χ2v) is 7.47. The number of anilines is 2. The first-order valence-electron chi connectivity index (χ1n) is 8.28. The number of benzene rings is 3. The first-order chi connectivity index (χ1) is 13.4. The van der Waals surface area contributed by atoms with Gasteiger partial charge in [-0.25, -0.2) is 12.8 Å². The van der Waals surface area contributed by atoms with Gasteiger partial charge < -0.3 is 10.1 Å². The van der Waals surface area contributed by atoms with Gasteiger partial charge >= 0.3 is 0 Å². The molecular formula is C20H17FN2O4S. The second-order valence-electron chi connectivity index (χ2n) is 5.79. The van der Waals surface area contributed by atoms with Crippen molar-refractivity contribution in [3.05, 3.63) is 84.7 Å². The average Bonchev–Trinajstić information content (AvgIpc) is 2.69. The Morgan fingerprint density at radius 2 is 1.50 bits per heavy atom. The zero-order valence-electron chi connectivity index (χ0n) is 14.6. The van der Waals surface area contributed by atoms with E-state index in [-0.39, 0.29) is 23.1 Å². The van der Waals surface area contributed by atoms with Gasteiger partial charge in [0.1, 0.15) is 11.6 Å². The number of nitrogens with one attached hydrogen (secondary N) is 2. The van der Waals surface area contributed by atoms with Crippen molar-refractivity contribution in [3.63, 3.8) is 0 Å². The molecule has 0 heterocycles. The van der Waals surface area contributed by atoms with Crippen molar-refractivity contribution >= 4 is 27.3 Å². The molecule has 0 radical (unpaired) electrons. The van der Waals surface area contributed by atoms with Crippen LogP contribution in [0.25, 0.3) is 0 Å². The largest absolute Gasteiger partial charge is 0.484 e. The molecule has 0 unspecified atom stereocenters. The maximum Gasteiger partial charge on any atom is 0.262 e. The Morgan fingerprint density at radius 3 is 2.14 bits per heavy atom. The number of carbonyl (C=O) groups excluding carboxylic acids is 1. The molecule has 0 aromatic heterocycles. The Morgan fingerprint density at radius 1 is 0.857 bits per heavy atom. The van der Waals surface area contributed by atoms with Gasteiger partial charge in [-0.2, -0.15) is 0 Å². The molecule has 0 saturated carbocycles. The monoisotopic (exact) mass is 400 g/mol. The molecular weight excluding hydrogens is 383 g/mol. The molecule has 3 aromatic rings. The molecule has 0 saturated heterocycles. The van der Waals surface area contributed by atoms with Crippen molar-refractivity contribution in [2.75, 3.05) is 16.6 Å². The van der Waals surface area contributed by atoms with Gasteiger partial charge in [-0.15, -0.1) is 0 Å². The van der Waals surface area contributed by atoms with Gasteiger partial charge in [0.15, 0.2) is 6.61 Å². The highest BCUT2D eigenvalue weighted by Gasteiger charge is 2.14. The standard InChI is InChI=1S/C20H17FN2O4S/c21-15-6-8-17(9-7-15)23-28(25,26)19-12-10-18(11-13-19)27-14-20(24)22-16-4-2-1-3-5-16/h1-13,23H,14H2,(H,22,24). The molecule has 1 amide bonds. The Labute approximate surface area is 162 Å². The Balaban J connectivity index is 1.58. The molecule has 8 heteroatoms. The highest BCUT2D eigenvalue weighted by molar-refractivity contribution is 7.92. The number of sulfonamides is 1. The van der Waals surface area contributed by atoms with Gasteiger partial charge in [-0.05, 0) is 60.7 Å². The van der Waals surface area contributed by atoms with E-state index in [9.17, 15) is 17.6 Å². The van der Waals surface area contributed by atoms with E-state index in [4.69, 9.17) is 4.74 Å². The lowest BCUT2D eigenvalue weighted by atomic mass is 10.3. The molecule has 144 valence electrons. The number of amides is 1. The lowest BCUT2D eigenvalue weighted by molar-refractivity contribution is -0.118. The summed E-state index contributed by atoms with van der Waals surface area (Å²) in [5.74, 6) is -0.439. The van der Waals surface area contributed by atoms with Crippen molar-refractivity contribution in [1.29, 1.82) is 0 Å². The third kappa shape index (κ3) is 5.31. The minimum atomic E-state index is -3.82. The van der Waals surface area contributed by atoms with Crippen LogP contribution in [0, 0.1) is 5.82 Å². The Kier molecular flexibility index (Phi) is 5.90. The molecule has 3 aromatic carbocycles. The smallest absolute Gasteiger partial charge is 0.262 e. The van der Waals surface area contributed by atoms with Gasteiger partial charge in [0.25, 0.3) is 15.9 Å². The molecule has 0 aliphatic heterocycles. The first kappa shape index (κ1) is 19.4. The van der Waals surface area contributed by atoms with Crippen LogP contribution in [-0.2, 0) is 14.8 Å². The summed E-state index contributed by atoms with van der Waals surface area (Å²) in [4.78, 5) is 11.9. The minimum Gasteiger partial charge on any atom is -0.484 e. The highest BCUT2D eigenvalue weighted by atomic mass is 32.2. The summed E-state index contributed by atoms with van der Waals surface area (Å²) in [6, 6.07) is 19.6. The van der Waals surface area contributed by atoms with Crippen LogP contribution in [0.5, 0.6) is 5.75 Å². The SMILES string of the molecule is O=C(COc1ccc(S(=O)(=O)Nc2ccc(F)cc2)cc1)Nc1ccccc1. The summed E-state index contributed by atoms with van der Waals surface area (Å²) >= 11 is 0. The molecule has 3 rings (SSSR count). The molecule has 28 heavy (non-hydrogen) atoms. The molecule has 0 bridgehead atoms. The first-order valence-corrected chi connectivity index (χ1v) is 9.77. The predicted molar refractivity (Wildman–Crippen MR) is 104 cm³/mol. The van der Waals surface area contributed by atoms with Gasteiger partial charge in [-0.1, -0.05) is 18.2 Å². The van der Waals surface area contributed by atoms with E-state index in [0.29, 0.717) is 11.4 Å². The summed E-state index contributed by atoms with van der Waals surface area (Å²) < 4.78 is 45.4. The number of hydrogen-bond donors (Lipinski definition) is 2. The zero-order chi connectivity index (χ0) is 20.0. The number of carbonyl (C=O) groups is 1. The lowest BCUT2D eigenvalue weighted by Crippen LogP contribution is -2.20. The fraction of sp³-hybridized carbons (Fsp3) is 0.0500. The van der Waals surface area contributed by atoms with Gasteiger partial charge in [0.2, 0.25) is 0 Å². The number of rotatable bonds is 7. The number of halogens is 1. The van der Waals surface area contributed by atoms with Crippen LogP contribution in [-0.4, -0.2) is 20.9 Å². The van der Waals surface area contributed by atoms with Crippen molar-refractivity contribution in [2.45, 2.75) is 4.90 Å². The molecule has 0 atom stereocenters. The van der Waals surface area contributed by atoms with E-state index < -0.39 is 15.8 Å². The molecule has 0 aliphatic rings. The van der Waals surface area contributed by atoms with Gasteiger partial charge in [0.05, 0.1) is 4.90 Å². The molecule has 0 aliphatic carbocycles. The van der Waals surface area contributed by atoms with Crippen LogP contribution >= 0.6 is 0 Å². The van der Waals surface area contributed by atoms with Crippen LogP contribution in [0.15, 0.2) is 83.8 Å². The van der Waals surface area contributed by atoms with Crippen molar-refractivity contribution in [1.82, 2.24) is 0 Å². The number of hydrogen-bond acceptors (Lipinski definition) is 4. The van der Waals surface area contributed by atoms with Gasteiger partial charge in [-0.3, -0.25) is 9.52 Å². The van der Waals surface area contributed by atoms with Crippen molar-refractivity contribution < 1.29 is 22.3 Å². The van der Waals surface area contributed by atoms with E-state index in [1.165, 1.54) is 36.4 Å². The van der Waals surface area contributed by atoms with E-state index in [0.717, 1.165) is 12.1 Å². The second kappa shape index (κ2) is 8.53. The summed E-state index contributed by atoms with van der Waals surface area (Å²) in [6.07, 6.45) is 0. The van der Waals surface area contributed by atoms with Crippen LogP contribution in [0.3, 0.4) is 0 Å². The zero-order valence-corrected chi connectivity index (χ0v) is 15.4. The van der Waals surface area contributed by atoms with E-state index in [1.54, 1.807) is 24.3 Å². The summed E-state index contributed by atoms with van der Waals surface area (Å²) in [7, 11) is -3.82. The number of ether oxygens (including phenoxy) is 1. The van der Waals surface area contributed by atoms with Gasteiger partial charge in [0, 0.05) is 11.4 Å². The number of para-hydroxylation sites is 1. The van der Waals surface area contributed by atoms with E-state index in [2.05, 4.69) is 10.0 Å². The minimum absolute atomic E-state index is 0.0120. The van der Waals surface area contributed by atoms with E-state index >= 15 is 0 Å². The maximum atomic E-state index is 12.9. The van der Waals surface area contributed by atoms with Crippen LogP contribution in [0.4, 0.5) is 15.8 Å². The lowest BCUT2D eigenvalue weighted by Gasteiger charge is -2.10. The van der Waals surface area contributed by atoms with Crippen molar-refractivity contribution in [3.8, 4) is 5.75 Å². The molecule has 0 fully saturated rings. The topological polar surface area (TPSA) is 84.5 Å². The highest BCUT2D eigenvalue weighted by Crippen LogP contribution is 2.19. The van der Waals surface area contributed by atoms with Crippen LogP contribution in [0.2, 0.25) is 0 Å².